The Labute approximate surface area is 97.7 Å². The van der Waals surface area contributed by atoms with Gasteiger partial charge in [-0.1, -0.05) is 30.3 Å². The lowest BCUT2D eigenvalue weighted by Gasteiger charge is -2.30. The molecule has 1 fully saturated rings. The largest absolute Gasteiger partial charge is 0.396 e. The Morgan fingerprint density at radius 2 is 1.88 bits per heavy atom. The first-order chi connectivity index (χ1) is 7.92. The van der Waals surface area contributed by atoms with E-state index in [1.807, 2.05) is 0 Å². The van der Waals surface area contributed by atoms with Crippen LogP contribution in [0.15, 0.2) is 30.3 Å². The molecule has 2 heteroatoms. The summed E-state index contributed by atoms with van der Waals surface area (Å²) in [5.41, 5.74) is 1.39. The number of aliphatic hydroxyl groups excluding tert-OH is 1. The molecule has 1 aliphatic heterocycles. The van der Waals surface area contributed by atoms with Crippen LogP contribution in [-0.4, -0.2) is 24.8 Å². The maximum Gasteiger partial charge on any atom is 0.0436 e. The zero-order valence-electron chi connectivity index (χ0n) is 9.73. The minimum Gasteiger partial charge on any atom is -0.396 e. The van der Waals surface area contributed by atoms with Gasteiger partial charge >= 0.3 is 0 Å². The Bertz CT molecular complexity index is 293. The predicted octanol–water partition coefficient (Wildman–Crippen LogP) is 2.15. The molecule has 88 valence electrons. The van der Waals surface area contributed by atoms with Crippen molar-refractivity contribution in [3.63, 3.8) is 0 Å². The molecule has 0 amide bonds. The monoisotopic (exact) mass is 219 g/mol. The summed E-state index contributed by atoms with van der Waals surface area (Å²) in [4.78, 5) is 0. The number of benzene rings is 1. The standard InChI is InChI=1S/C14H21NO/c16-11-8-14(12-4-2-1-3-5-12)13-6-9-15-10-7-13/h1-5,13-16H,6-11H2. The number of nitrogens with one attached hydrogen (secondary N) is 1. The van der Waals surface area contributed by atoms with Crippen molar-refractivity contribution >= 4 is 0 Å². The fourth-order valence-corrected chi connectivity index (χ4v) is 2.76. The third kappa shape index (κ3) is 2.83. The fraction of sp³-hybridized carbons (Fsp3) is 0.571. The molecular weight excluding hydrogens is 198 g/mol. The van der Waals surface area contributed by atoms with Gasteiger partial charge in [0.1, 0.15) is 0 Å². The maximum absolute atomic E-state index is 9.21. The van der Waals surface area contributed by atoms with E-state index in [9.17, 15) is 5.11 Å². The Hall–Kier alpha value is -0.860. The number of aliphatic hydroxyl groups is 1. The number of hydrogen-bond acceptors (Lipinski definition) is 2. The van der Waals surface area contributed by atoms with Gasteiger partial charge < -0.3 is 10.4 Å². The van der Waals surface area contributed by atoms with E-state index in [4.69, 9.17) is 0 Å². The van der Waals surface area contributed by atoms with Crippen LogP contribution in [0.4, 0.5) is 0 Å². The van der Waals surface area contributed by atoms with Gasteiger partial charge in [0, 0.05) is 6.61 Å². The van der Waals surface area contributed by atoms with Crippen LogP contribution >= 0.6 is 0 Å². The summed E-state index contributed by atoms with van der Waals surface area (Å²) >= 11 is 0. The second-order valence-electron chi connectivity index (χ2n) is 4.62. The molecule has 1 aromatic carbocycles. The van der Waals surface area contributed by atoms with Crippen molar-refractivity contribution in [3.05, 3.63) is 35.9 Å². The van der Waals surface area contributed by atoms with Gasteiger partial charge in [-0.05, 0) is 49.8 Å². The van der Waals surface area contributed by atoms with Gasteiger partial charge in [0.05, 0.1) is 0 Å². The third-order valence-electron chi connectivity index (χ3n) is 3.62. The highest BCUT2D eigenvalue weighted by Crippen LogP contribution is 2.33. The summed E-state index contributed by atoms with van der Waals surface area (Å²) in [7, 11) is 0. The predicted molar refractivity (Wildman–Crippen MR) is 66.5 cm³/mol. The summed E-state index contributed by atoms with van der Waals surface area (Å²) in [5, 5.41) is 12.6. The summed E-state index contributed by atoms with van der Waals surface area (Å²) in [6, 6.07) is 10.6. The molecule has 0 spiro atoms. The molecule has 0 radical (unpaired) electrons. The highest BCUT2D eigenvalue weighted by molar-refractivity contribution is 5.20. The van der Waals surface area contributed by atoms with Crippen molar-refractivity contribution in [2.45, 2.75) is 25.2 Å². The van der Waals surface area contributed by atoms with E-state index < -0.39 is 0 Å². The van der Waals surface area contributed by atoms with Crippen LogP contribution < -0.4 is 5.32 Å². The second kappa shape index (κ2) is 6.02. The lowest BCUT2D eigenvalue weighted by atomic mass is 9.79. The molecule has 0 saturated carbocycles. The first-order valence-electron chi connectivity index (χ1n) is 6.28. The van der Waals surface area contributed by atoms with Crippen molar-refractivity contribution in [3.8, 4) is 0 Å². The van der Waals surface area contributed by atoms with Crippen LogP contribution in [0.25, 0.3) is 0 Å². The highest BCUT2D eigenvalue weighted by Gasteiger charge is 2.24. The van der Waals surface area contributed by atoms with Crippen molar-refractivity contribution in [2.24, 2.45) is 5.92 Å². The summed E-state index contributed by atoms with van der Waals surface area (Å²) in [5.74, 6) is 1.27. The van der Waals surface area contributed by atoms with Gasteiger partial charge in [-0.25, -0.2) is 0 Å². The van der Waals surface area contributed by atoms with Crippen LogP contribution in [0.1, 0.15) is 30.7 Å². The molecule has 2 N–H and O–H groups in total. The molecular formula is C14H21NO. The van der Waals surface area contributed by atoms with Crippen molar-refractivity contribution in [1.82, 2.24) is 5.32 Å². The molecule has 1 aromatic rings. The smallest absolute Gasteiger partial charge is 0.0436 e. The van der Waals surface area contributed by atoms with Gasteiger partial charge in [0.15, 0.2) is 0 Å². The molecule has 0 aliphatic carbocycles. The van der Waals surface area contributed by atoms with Gasteiger partial charge in [0.2, 0.25) is 0 Å². The molecule has 16 heavy (non-hydrogen) atoms. The van der Waals surface area contributed by atoms with Crippen LogP contribution in [0.2, 0.25) is 0 Å². The zero-order chi connectivity index (χ0) is 11.2. The normalized spacial score (nSPS) is 19.6. The zero-order valence-corrected chi connectivity index (χ0v) is 9.73. The SMILES string of the molecule is OCCC(c1ccccc1)C1CCNCC1. The quantitative estimate of drug-likeness (QED) is 0.813. The molecule has 2 rings (SSSR count). The van der Waals surface area contributed by atoms with Crippen LogP contribution in [-0.2, 0) is 0 Å². The van der Waals surface area contributed by atoms with Gasteiger partial charge in [-0.2, -0.15) is 0 Å². The minimum atomic E-state index is 0.295. The van der Waals surface area contributed by atoms with E-state index in [0.717, 1.165) is 25.4 Å². The molecule has 1 unspecified atom stereocenters. The summed E-state index contributed by atoms with van der Waals surface area (Å²) in [6.45, 7) is 2.54. The van der Waals surface area contributed by atoms with Crippen LogP contribution in [0, 0.1) is 5.92 Å². The Kier molecular flexibility index (Phi) is 4.37. The Morgan fingerprint density at radius 1 is 1.19 bits per heavy atom. The molecule has 2 nitrogen and oxygen atoms in total. The second-order valence-corrected chi connectivity index (χ2v) is 4.62. The maximum atomic E-state index is 9.21. The molecule has 0 aromatic heterocycles. The molecule has 1 saturated heterocycles. The Morgan fingerprint density at radius 3 is 2.50 bits per heavy atom. The first kappa shape index (κ1) is 11.6. The molecule has 0 bridgehead atoms. The van der Waals surface area contributed by atoms with Gasteiger partial charge in [0.25, 0.3) is 0 Å². The van der Waals surface area contributed by atoms with E-state index >= 15 is 0 Å². The number of rotatable bonds is 4. The Balaban J connectivity index is 2.09. The first-order valence-corrected chi connectivity index (χ1v) is 6.28. The summed E-state index contributed by atoms with van der Waals surface area (Å²) < 4.78 is 0. The van der Waals surface area contributed by atoms with Crippen LogP contribution in [0.5, 0.6) is 0 Å². The average molecular weight is 219 g/mol. The fourth-order valence-electron chi connectivity index (χ4n) is 2.76. The van der Waals surface area contributed by atoms with E-state index in [-0.39, 0.29) is 0 Å². The van der Waals surface area contributed by atoms with Gasteiger partial charge in [-0.15, -0.1) is 0 Å². The van der Waals surface area contributed by atoms with E-state index in [2.05, 4.69) is 35.6 Å². The van der Waals surface area contributed by atoms with Crippen molar-refractivity contribution < 1.29 is 5.11 Å². The van der Waals surface area contributed by atoms with E-state index in [1.54, 1.807) is 0 Å². The average Bonchev–Trinajstić information content (AvgIpc) is 2.38. The van der Waals surface area contributed by atoms with E-state index in [0.29, 0.717) is 12.5 Å². The van der Waals surface area contributed by atoms with E-state index in [1.165, 1.54) is 18.4 Å². The number of piperidine rings is 1. The van der Waals surface area contributed by atoms with Gasteiger partial charge in [-0.3, -0.25) is 0 Å². The molecule has 1 aliphatic rings. The van der Waals surface area contributed by atoms with Crippen molar-refractivity contribution in [2.75, 3.05) is 19.7 Å². The molecule has 1 atom stereocenters. The summed E-state index contributed by atoms with van der Waals surface area (Å²) in [6.07, 6.45) is 3.37. The highest BCUT2D eigenvalue weighted by atomic mass is 16.3. The third-order valence-corrected chi connectivity index (χ3v) is 3.62. The van der Waals surface area contributed by atoms with Crippen molar-refractivity contribution in [1.29, 1.82) is 0 Å². The topological polar surface area (TPSA) is 32.3 Å². The van der Waals surface area contributed by atoms with Crippen LogP contribution in [0.3, 0.4) is 0 Å². The number of hydrogen-bond donors (Lipinski definition) is 2. The molecule has 1 heterocycles. The lowest BCUT2D eigenvalue weighted by molar-refractivity contribution is 0.234. The lowest BCUT2D eigenvalue weighted by Crippen LogP contribution is -2.31. The minimum absolute atomic E-state index is 0.295.